The van der Waals surface area contributed by atoms with Crippen LogP contribution >= 0.6 is 11.6 Å². The second-order valence-electron chi connectivity index (χ2n) is 4.12. The maximum atomic E-state index is 5.96. The van der Waals surface area contributed by atoms with Gasteiger partial charge in [0.05, 0.1) is 0 Å². The Morgan fingerprint density at radius 1 is 1.33 bits per heavy atom. The van der Waals surface area contributed by atoms with Gasteiger partial charge in [0.2, 0.25) is 0 Å². The first-order chi connectivity index (χ1) is 7.34. The van der Waals surface area contributed by atoms with Gasteiger partial charge in [0.1, 0.15) is 0 Å². The summed E-state index contributed by atoms with van der Waals surface area (Å²) < 4.78 is 0. The molecular weight excluding hydrogens is 208 g/mol. The molecule has 0 aliphatic carbocycles. The molecule has 15 heavy (non-hydrogen) atoms. The van der Waals surface area contributed by atoms with Crippen molar-refractivity contribution >= 4 is 22.5 Å². The standard InChI is InChI=1S/C12H13ClN2/c13-9-1-2-10-11(7-15-12(10)5-9)8-3-4-14-6-8/h1-2,5,7-8,14-15H,3-4,6H2. The van der Waals surface area contributed by atoms with Crippen LogP contribution in [0, 0.1) is 0 Å². The molecule has 1 aliphatic rings. The number of aromatic amines is 1. The fraction of sp³-hybridized carbons (Fsp3) is 0.333. The van der Waals surface area contributed by atoms with Gasteiger partial charge in [-0.05, 0) is 36.6 Å². The number of hydrogen-bond donors (Lipinski definition) is 2. The number of aromatic nitrogens is 1. The molecule has 2 nitrogen and oxygen atoms in total. The lowest BCUT2D eigenvalue weighted by Crippen LogP contribution is -2.07. The van der Waals surface area contributed by atoms with Crippen molar-refractivity contribution in [2.24, 2.45) is 0 Å². The van der Waals surface area contributed by atoms with Crippen molar-refractivity contribution in [2.45, 2.75) is 12.3 Å². The van der Waals surface area contributed by atoms with Gasteiger partial charge in [-0.1, -0.05) is 17.7 Å². The van der Waals surface area contributed by atoms with Crippen LogP contribution in [0.5, 0.6) is 0 Å². The van der Waals surface area contributed by atoms with Crippen molar-refractivity contribution in [1.82, 2.24) is 10.3 Å². The Balaban J connectivity index is 2.11. The Bertz CT molecular complexity index is 483. The maximum Gasteiger partial charge on any atom is 0.0471 e. The highest BCUT2D eigenvalue weighted by atomic mass is 35.5. The van der Waals surface area contributed by atoms with Gasteiger partial charge in [-0.2, -0.15) is 0 Å². The van der Waals surface area contributed by atoms with Gasteiger partial charge >= 0.3 is 0 Å². The summed E-state index contributed by atoms with van der Waals surface area (Å²) in [5.74, 6) is 0.653. The number of H-pyrrole nitrogens is 1. The summed E-state index contributed by atoms with van der Waals surface area (Å²) in [6.45, 7) is 2.22. The maximum absolute atomic E-state index is 5.96. The first-order valence-corrected chi connectivity index (χ1v) is 5.69. The Morgan fingerprint density at radius 2 is 2.27 bits per heavy atom. The van der Waals surface area contributed by atoms with E-state index in [-0.39, 0.29) is 0 Å². The van der Waals surface area contributed by atoms with Gasteiger partial charge in [-0.25, -0.2) is 0 Å². The predicted molar refractivity (Wildman–Crippen MR) is 63.5 cm³/mol. The molecule has 1 fully saturated rings. The molecular formula is C12H13ClN2. The van der Waals surface area contributed by atoms with E-state index < -0.39 is 0 Å². The third-order valence-corrected chi connectivity index (χ3v) is 3.41. The molecule has 0 spiro atoms. The quantitative estimate of drug-likeness (QED) is 0.760. The molecule has 0 saturated carbocycles. The van der Waals surface area contributed by atoms with Crippen molar-refractivity contribution < 1.29 is 0 Å². The van der Waals surface area contributed by atoms with Gasteiger partial charge in [0.15, 0.2) is 0 Å². The fourth-order valence-corrected chi connectivity index (χ4v) is 2.55. The highest BCUT2D eigenvalue weighted by Gasteiger charge is 2.19. The lowest BCUT2D eigenvalue weighted by molar-refractivity contribution is 0.769. The van der Waals surface area contributed by atoms with E-state index in [0.29, 0.717) is 5.92 Å². The SMILES string of the molecule is Clc1ccc2c(C3CCNC3)c[nH]c2c1. The van der Waals surface area contributed by atoms with Crippen molar-refractivity contribution in [3.63, 3.8) is 0 Å². The van der Waals surface area contributed by atoms with E-state index in [4.69, 9.17) is 11.6 Å². The second kappa shape index (κ2) is 3.54. The fourth-order valence-electron chi connectivity index (χ4n) is 2.38. The van der Waals surface area contributed by atoms with Gasteiger partial charge < -0.3 is 10.3 Å². The summed E-state index contributed by atoms with van der Waals surface area (Å²) in [7, 11) is 0. The van der Waals surface area contributed by atoms with Crippen molar-refractivity contribution in [1.29, 1.82) is 0 Å². The average Bonchev–Trinajstić information content (AvgIpc) is 2.82. The lowest BCUT2D eigenvalue weighted by Gasteiger charge is -2.06. The third kappa shape index (κ3) is 1.54. The second-order valence-corrected chi connectivity index (χ2v) is 4.56. The first-order valence-electron chi connectivity index (χ1n) is 5.32. The molecule has 2 aromatic rings. The summed E-state index contributed by atoms with van der Waals surface area (Å²) >= 11 is 5.96. The van der Waals surface area contributed by atoms with Crippen LogP contribution in [0.4, 0.5) is 0 Å². The Kier molecular flexibility index (Phi) is 2.19. The van der Waals surface area contributed by atoms with E-state index in [1.54, 1.807) is 0 Å². The zero-order valence-electron chi connectivity index (χ0n) is 8.39. The van der Waals surface area contributed by atoms with Crippen LogP contribution < -0.4 is 5.32 Å². The van der Waals surface area contributed by atoms with E-state index in [0.717, 1.165) is 23.6 Å². The molecule has 1 unspecified atom stereocenters. The number of benzene rings is 1. The number of halogens is 1. The Labute approximate surface area is 93.6 Å². The minimum absolute atomic E-state index is 0.653. The average molecular weight is 221 g/mol. The summed E-state index contributed by atoms with van der Waals surface area (Å²) in [6.07, 6.45) is 3.36. The minimum Gasteiger partial charge on any atom is -0.361 e. The van der Waals surface area contributed by atoms with E-state index >= 15 is 0 Å². The third-order valence-electron chi connectivity index (χ3n) is 3.18. The van der Waals surface area contributed by atoms with Crippen LogP contribution in [-0.2, 0) is 0 Å². The van der Waals surface area contributed by atoms with Crippen LogP contribution in [0.3, 0.4) is 0 Å². The molecule has 3 rings (SSSR count). The number of hydrogen-bond acceptors (Lipinski definition) is 1. The lowest BCUT2D eigenvalue weighted by atomic mass is 9.98. The summed E-state index contributed by atoms with van der Waals surface area (Å²) in [6, 6.07) is 6.06. The van der Waals surface area contributed by atoms with E-state index in [1.807, 2.05) is 12.1 Å². The van der Waals surface area contributed by atoms with Crippen molar-refractivity contribution in [2.75, 3.05) is 13.1 Å². The molecule has 1 aromatic carbocycles. The topological polar surface area (TPSA) is 27.8 Å². The van der Waals surface area contributed by atoms with Crippen LogP contribution in [0.2, 0.25) is 5.02 Å². The zero-order valence-corrected chi connectivity index (χ0v) is 9.14. The van der Waals surface area contributed by atoms with Gasteiger partial charge in [0.25, 0.3) is 0 Å². The van der Waals surface area contributed by atoms with Crippen LogP contribution in [0.1, 0.15) is 17.9 Å². The predicted octanol–water partition coefficient (Wildman–Crippen LogP) is 2.90. The first kappa shape index (κ1) is 9.25. The normalized spacial score (nSPS) is 21.3. The smallest absolute Gasteiger partial charge is 0.0471 e. The minimum atomic E-state index is 0.653. The van der Waals surface area contributed by atoms with Crippen molar-refractivity contribution in [3.05, 3.63) is 35.0 Å². The molecule has 0 bridgehead atoms. The summed E-state index contributed by atoms with van der Waals surface area (Å²) in [5.41, 5.74) is 2.57. The molecule has 1 aromatic heterocycles. The molecule has 1 atom stereocenters. The van der Waals surface area contributed by atoms with E-state index in [1.165, 1.54) is 17.4 Å². The molecule has 0 amide bonds. The largest absolute Gasteiger partial charge is 0.361 e. The molecule has 2 heterocycles. The highest BCUT2D eigenvalue weighted by Crippen LogP contribution is 2.30. The van der Waals surface area contributed by atoms with Crippen LogP contribution in [-0.4, -0.2) is 18.1 Å². The number of rotatable bonds is 1. The monoisotopic (exact) mass is 220 g/mol. The van der Waals surface area contributed by atoms with Gasteiger partial charge in [-0.3, -0.25) is 0 Å². The van der Waals surface area contributed by atoms with Crippen molar-refractivity contribution in [3.8, 4) is 0 Å². The number of nitrogens with one attached hydrogen (secondary N) is 2. The van der Waals surface area contributed by atoms with Gasteiger partial charge in [0, 0.05) is 28.7 Å². The van der Waals surface area contributed by atoms with Gasteiger partial charge in [-0.15, -0.1) is 0 Å². The van der Waals surface area contributed by atoms with Crippen LogP contribution in [0.15, 0.2) is 24.4 Å². The summed E-state index contributed by atoms with van der Waals surface area (Å²) in [4.78, 5) is 3.29. The zero-order chi connectivity index (χ0) is 10.3. The Morgan fingerprint density at radius 3 is 3.07 bits per heavy atom. The van der Waals surface area contributed by atoms with E-state index in [9.17, 15) is 0 Å². The summed E-state index contributed by atoms with van der Waals surface area (Å²) in [5, 5.41) is 5.50. The highest BCUT2D eigenvalue weighted by molar-refractivity contribution is 6.31. The Hall–Kier alpha value is -0.990. The molecule has 78 valence electrons. The molecule has 3 heteroatoms. The molecule has 1 aliphatic heterocycles. The number of fused-ring (bicyclic) bond motifs is 1. The molecule has 1 saturated heterocycles. The van der Waals surface area contributed by atoms with Crippen LogP contribution in [0.25, 0.3) is 10.9 Å². The molecule has 0 radical (unpaired) electrons. The molecule has 2 N–H and O–H groups in total. The van der Waals surface area contributed by atoms with E-state index in [2.05, 4.69) is 22.6 Å².